The number of sulfonamides is 1. The van der Waals surface area contributed by atoms with Gasteiger partial charge in [0.1, 0.15) is 16.7 Å². The summed E-state index contributed by atoms with van der Waals surface area (Å²) in [7, 11) is -4.58. The van der Waals surface area contributed by atoms with Gasteiger partial charge in [0.15, 0.2) is 0 Å². The Morgan fingerprint density at radius 2 is 1.87 bits per heavy atom. The van der Waals surface area contributed by atoms with Gasteiger partial charge in [-0.2, -0.15) is 27.1 Å². The van der Waals surface area contributed by atoms with E-state index in [0.717, 1.165) is 17.3 Å². The first-order valence-electron chi connectivity index (χ1n) is 11.3. The van der Waals surface area contributed by atoms with Crippen LogP contribution in [-0.2, 0) is 19.6 Å². The Bertz CT molecular complexity index is 1380. The molecule has 0 fully saturated rings. The zero-order valence-electron chi connectivity index (χ0n) is 21.4. The van der Waals surface area contributed by atoms with Crippen LogP contribution in [0.4, 0.5) is 38.1 Å². The van der Waals surface area contributed by atoms with Gasteiger partial charge in [0.2, 0.25) is 11.5 Å². The van der Waals surface area contributed by atoms with E-state index >= 15 is 0 Å². The maximum atomic E-state index is 13.8. The minimum atomic E-state index is -4.86. The second-order valence-corrected chi connectivity index (χ2v) is 10.9. The highest BCUT2D eigenvalue weighted by molar-refractivity contribution is 7.93. The van der Waals surface area contributed by atoms with Gasteiger partial charge in [-0.05, 0) is 45.9 Å². The van der Waals surface area contributed by atoms with Crippen molar-refractivity contribution in [3.8, 4) is 5.75 Å². The molecule has 0 bridgehead atoms. The van der Waals surface area contributed by atoms with Gasteiger partial charge in [0.25, 0.3) is 10.0 Å². The van der Waals surface area contributed by atoms with Gasteiger partial charge in [-0.3, -0.25) is 14.4 Å². The summed E-state index contributed by atoms with van der Waals surface area (Å²) in [5, 5.41) is 8.24. The highest BCUT2D eigenvalue weighted by Crippen LogP contribution is 2.40. The molecule has 0 saturated heterocycles. The third-order valence-electron chi connectivity index (χ3n) is 5.74. The van der Waals surface area contributed by atoms with Crippen LogP contribution >= 0.6 is 0 Å². The van der Waals surface area contributed by atoms with E-state index in [1.54, 1.807) is 0 Å². The molecule has 0 spiro atoms. The third-order valence-corrected chi connectivity index (χ3v) is 7.77. The van der Waals surface area contributed by atoms with Crippen LogP contribution in [0.2, 0.25) is 0 Å². The molecule has 1 unspecified atom stereocenters. The van der Waals surface area contributed by atoms with Gasteiger partial charge in [0.05, 0.1) is 30.2 Å². The van der Waals surface area contributed by atoms with E-state index in [-0.39, 0.29) is 46.3 Å². The van der Waals surface area contributed by atoms with E-state index < -0.39 is 51.3 Å². The number of carbonyl (C=O) groups excluding carboxylic acids is 2. The normalized spacial score (nSPS) is 16.0. The van der Waals surface area contributed by atoms with Crippen molar-refractivity contribution in [3.63, 3.8) is 0 Å². The number of aromatic nitrogens is 2. The Balaban J connectivity index is 2.03. The Hall–Kier alpha value is -3.63. The highest BCUT2D eigenvalue weighted by Gasteiger charge is 2.51. The van der Waals surface area contributed by atoms with Crippen molar-refractivity contribution in [1.29, 1.82) is 0 Å². The number of nitrogens with one attached hydrogen (secondary N) is 2. The van der Waals surface area contributed by atoms with Crippen molar-refractivity contribution in [1.82, 2.24) is 15.1 Å². The average molecular weight is 584 g/mol. The zero-order valence-corrected chi connectivity index (χ0v) is 22.2. The molecule has 1 aliphatic heterocycles. The number of anilines is 2. The maximum Gasteiger partial charge on any atom is 0.427 e. The molecule has 0 radical (unpaired) electrons. The van der Waals surface area contributed by atoms with Gasteiger partial charge in [-0.15, -0.1) is 0 Å². The lowest BCUT2D eigenvalue weighted by Gasteiger charge is -2.36. The molecule has 1 atom stereocenters. The molecule has 2 heterocycles. The van der Waals surface area contributed by atoms with Gasteiger partial charge < -0.3 is 14.8 Å². The number of ether oxygens (including phenoxy) is 2. The molecule has 0 saturated carbocycles. The number of alkyl halides is 5. The Kier molecular flexibility index (Phi) is 8.06. The molecule has 17 heteroatoms. The molecule has 11 nitrogen and oxygen atoms in total. The number of halogens is 5. The van der Waals surface area contributed by atoms with Crippen molar-refractivity contribution in [3.05, 3.63) is 29.6 Å². The maximum absolute atomic E-state index is 13.8. The number of carbonyl (C=O) groups is 2. The number of hydrogen-bond donors (Lipinski definition) is 2. The van der Waals surface area contributed by atoms with Crippen molar-refractivity contribution < 1.29 is 49.4 Å². The lowest BCUT2D eigenvalue weighted by molar-refractivity contribution is -0.242. The van der Waals surface area contributed by atoms with Crippen LogP contribution in [0.5, 0.6) is 5.75 Å². The van der Waals surface area contributed by atoms with E-state index in [2.05, 4.69) is 20.5 Å². The van der Waals surface area contributed by atoms with E-state index in [1.807, 2.05) is 0 Å². The Morgan fingerprint density at radius 3 is 2.41 bits per heavy atom. The van der Waals surface area contributed by atoms with Crippen molar-refractivity contribution in [2.75, 3.05) is 22.7 Å². The Morgan fingerprint density at radius 1 is 1.23 bits per heavy atom. The van der Waals surface area contributed by atoms with Crippen LogP contribution in [0.25, 0.3) is 0 Å². The smallest absolute Gasteiger partial charge is 0.427 e. The number of aryl methyl sites for hydroxylation is 1. The second-order valence-electron chi connectivity index (χ2n) is 9.14. The van der Waals surface area contributed by atoms with E-state index in [0.29, 0.717) is 13.8 Å². The minimum Gasteiger partial charge on any atom is -0.484 e. The van der Waals surface area contributed by atoms with Crippen molar-refractivity contribution in [2.24, 2.45) is 0 Å². The summed E-state index contributed by atoms with van der Waals surface area (Å²) in [4.78, 5) is 23.1. The second kappa shape index (κ2) is 10.5. The fraction of sp³-hybridized carbons (Fsp3) is 0.500. The fourth-order valence-corrected chi connectivity index (χ4v) is 5.60. The minimum absolute atomic E-state index is 0.0220. The lowest BCUT2D eigenvalue weighted by atomic mass is 10.1. The summed E-state index contributed by atoms with van der Waals surface area (Å²) >= 11 is 0. The number of rotatable bonds is 7. The van der Waals surface area contributed by atoms with Crippen LogP contribution < -0.4 is 19.7 Å². The summed E-state index contributed by atoms with van der Waals surface area (Å²) in [5.41, 5.74) is -3.64. The van der Waals surface area contributed by atoms with E-state index in [4.69, 9.17) is 4.74 Å². The SMILES string of the molecule is CC(=O)NCC1CN(S(=O)(=O)c2c(C)nn(C(F)F)c2C)c2cc(NC(=O)OC(C)(C)C(F)(F)F)ccc2O1. The monoisotopic (exact) mass is 583 g/mol. The molecule has 0 aliphatic carbocycles. The lowest BCUT2D eigenvalue weighted by Crippen LogP contribution is -2.48. The third kappa shape index (κ3) is 6.17. The summed E-state index contributed by atoms with van der Waals surface area (Å²) in [6, 6.07) is 3.60. The van der Waals surface area contributed by atoms with Crippen LogP contribution in [0.3, 0.4) is 0 Å². The predicted molar refractivity (Wildman–Crippen MR) is 127 cm³/mol. The van der Waals surface area contributed by atoms with Gasteiger partial charge in [0, 0.05) is 12.6 Å². The molecule has 2 N–H and O–H groups in total. The predicted octanol–water partition coefficient (Wildman–Crippen LogP) is 3.88. The van der Waals surface area contributed by atoms with Gasteiger partial charge in [-0.25, -0.2) is 17.9 Å². The van der Waals surface area contributed by atoms with Crippen LogP contribution in [0.1, 0.15) is 38.7 Å². The topological polar surface area (TPSA) is 132 Å². The summed E-state index contributed by atoms with van der Waals surface area (Å²) in [6.07, 6.45) is -7.23. The molecule has 3 rings (SSSR count). The number of fused-ring (bicyclic) bond motifs is 1. The first-order chi connectivity index (χ1) is 17.8. The number of benzene rings is 1. The molecule has 2 aromatic rings. The first-order valence-corrected chi connectivity index (χ1v) is 12.8. The van der Waals surface area contributed by atoms with Crippen LogP contribution in [0, 0.1) is 13.8 Å². The highest BCUT2D eigenvalue weighted by atomic mass is 32.2. The molecule has 1 aromatic heterocycles. The van der Waals surface area contributed by atoms with Crippen molar-refractivity contribution in [2.45, 2.75) is 63.9 Å². The van der Waals surface area contributed by atoms with Gasteiger partial charge in [-0.1, -0.05) is 0 Å². The largest absolute Gasteiger partial charge is 0.484 e. The molecule has 2 amide bonds. The number of nitrogens with zero attached hydrogens (tertiary/aromatic N) is 3. The molecule has 1 aromatic carbocycles. The van der Waals surface area contributed by atoms with Gasteiger partial charge >= 0.3 is 18.8 Å². The summed E-state index contributed by atoms with van der Waals surface area (Å²) in [6.45, 7) is 1.35. The standard InChI is InChI=1S/C22H26F5N5O6S/c1-11-18(12(2)32(30-11)19(23)24)39(35,36)31-10-15(9-28-13(3)33)37-17-7-6-14(8-16(17)31)29-20(34)38-21(4,5)22(25,26)27/h6-8,15,19H,9-10H2,1-5H3,(H,28,33)(H,29,34). The zero-order chi connectivity index (χ0) is 29.5. The Labute approximate surface area is 220 Å². The first kappa shape index (κ1) is 29.9. The quantitative estimate of drug-likeness (QED) is 0.473. The number of amides is 2. The summed E-state index contributed by atoms with van der Waals surface area (Å²) in [5.74, 6) is -0.435. The molecule has 39 heavy (non-hydrogen) atoms. The fourth-order valence-electron chi connectivity index (χ4n) is 3.74. The molecular formula is C22H26F5N5O6S. The average Bonchev–Trinajstić information content (AvgIpc) is 3.10. The molecule has 1 aliphatic rings. The van der Waals surface area contributed by atoms with Crippen LogP contribution in [-0.4, -0.2) is 61.2 Å². The van der Waals surface area contributed by atoms with E-state index in [1.165, 1.54) is 26.0 Å². The van der Waals surface area contributed by atoms with Crippen LogP contribution in [0.15, 0.2) is 23.1 Å². The number of hydrogen-bond acceptors (Lipinski definition) is 7. The van der Waals surface area contributed by atoms with Crippen molar-refractivity contribution >= 4 is 33.4 Å². The summed E-state index contributed by atoms with van der Waals surface area (Å²) < 4.78 is 105. The molecule has 216 valence electrons. The van der Waals surface area contributed by atoms with E-state index in [9.17, 15) is 40.0 Å². The molecular weight excluding hydrogens is 557 g/mol.